The fourth-order valence-electron chi connectivity index (χ4n) is 1.12. The maximum Gasteiger partial charge on any atom is 0.114 e. The van der Waals surface area contributed by atoms with E-state index in [0.717, 1.165) is 6.42 Å². The van der Waals surface area contributed by atoms with Gasteiger partial charge in [0.1, 0.15) is 6.17 Å². The highest BCUT2D eigenvalue weighted by molar-refractivity contribution is 4.79. The van der Waals surface area contributed by atoms with E-state index in [-0.39, 0.29) is 0 Å². The average molecular weight is 117 g/mol. The van der Waals surface area contributed by atoms with Gasteiger partial charge in [0.2, 0.25) is 0 Å². The molecule has 0 aromatic heterocycles. The van der Waals surface area contributed by atoms with Crippen LogP contribution in [0, 0.1) is 0 Å². The summed E-state index contributed by atoms with van der Waals surface area (Å²) in [6, 6.07) is 0.449. The van der Waals surface area contributed by atoms with Crippen LogP contribution in [0.4, 0.5) is 4.39 Å². The smallest absolute Gasteiger partial charge is 0.114 e. The van der Waals surface area contributed by atoms with Gasteiger partial charge in [0, 0.05) is 12.6 Å². The van der Waals surface area contributed by atoms with Gasteiger partial charge in [-0.25, -0.2) is 4.39 Å². The number of halogens is 1. The van der Waals surface area contributed by atoms with E-state index in [2.05, 4.69) is 6.92 Å². The quantitative estimate of drug-likeness (QED) is 0.458. The van der Waals surface area contributed by atoms with E-state index < -0.39 is 6.17 Å². The Morgan fingerprint density at radius 3 is 2.38 bits per heavy atom. The van der Waals surface area contributed by atoms with E-state index in [0.29, 0.717) is 12.6 Å². The zero-order chi connectivity index (χ0) is 6.15. The summed E-state index contributed by atoms with van der Waals surface area (Å²) >= 11 is 0. The summed E-state index contributed by atoms with van der Waals surface area (Å²) in [6.45, 7) is 2.68. The standard InChI is InChI=1S/C6H12FN/c1-5-3-6(7)4-8(5)2/h5-6H,3-4H2,1-2H3/t5-,6-/m0/s1. The zero-order valence-electron chi connectivity index (χ0n) is 5.39. The van der Waals surface area contributed by atoms with E-state index in [1.807, 2.05) is 11.9 Å². The highest BCUT2D eigenvalue weighted by atomic mass is 19.1. The van der Waals surface area contributed by atoms with Gasteiger partial charge in [-0.3, -0.25) is 0 Å². The van der Waals surface area contributed by atoms with Crippen molar-refractivity contribution >= 4 is 0 Å². The Labute approximate surface area is 49.5 Å². The third kappa shape index (κ3) is 0.996. The van der Waals surface area contributed by atoms with Gasteiger partial charge in [-0.1, -0.05) is 0 Å². The van der Waals surface area contributed by atoms with Crippen molar-refractivity contribution in [3.05, 3.63) is 0 Å². The van der Waals surface area contributed by atoms with Gasteiger partial charge in [-0.2, -0.15) is 0 Å². The van der Waals surface area contributed by atoms with Gasteiger partial charge in [0.05, 0.1) is 0 Å². The van der Waals surface area contributed by atoms with E-state index >= 15 is 0 Å². The molecule has 0 aliphatic carbocycles. The maximum atomic E-state index is 12.4. The van der Waals surface area contributed by atoms with Crippen LogP contribution in [0.15, 0.2) is 0 Å². The van der Waals surface area contributed by atoms with Crippen molar-refractivity contribution in [2.75, 3.05) is 13.6 Å². The van der Waals surface area contributed by atoms with Crippen molar-refractivity contribution in [2.24, 2.45) is 0 Å². The average Bonchev–Trinajstić information content (AvgIpc) is 1.85. The molecule has 1 fully saturated rings. The molecule has 0 saturated carbocycles. The molecule has 0 unspecified atom stereocenters. The van der Waals surface area contributed by atoms with Crippen LogP contribution in [0.5, 0.6) is 0 Å². The van der Waals surface area contributed by atoms with Gasteiger partial charge >= 0.3 is 0 Å². The molecule has 0 bridgehead atoms. The molecule has 48 valence electrons. The number of hydrogen-bond donors (Lipinski definition) is 0. The molecule has 2 heteroatoms. The first kappa shape index (κ1) is 6.02. The molecular formula is C6H12FN. The normalized spacial score (nSPS) is 40.9. The second kappa shape index (κ2) is 2.02. The molecule has 2 atom stereocenters. The lowest BCUT2D eigenvalue weighted by Gasteiger charge is -2.11. The first-order valence-corrected chi connectivity index (χ1v) is 3.04. The molecular weight excluding hydrogens is 105 g/mol. The molecule has 1 rings (SSSR count). The molecule has 1 heterocycles. The van der Waals surface area contributed by atoms with E-state index in [1.54, 1.807) is 0 Å². The van der Waals surface area contributed by atoms with Crippen molar-refractivity contribution in [2.45, 2.75) is 25.6 Å². The lowest BCUT2D eigenvalue weighted by molar-refractivity contribution is 0.303. The molecule has 0 N–H and O–H groups in total. The van der Waals surface area contributed by atoms with Gasteiger partial charge in [0.25, 0.3) is 0 Å². The summed E-state index contributed by atoms with van der Waals surface area (Å²) < 4.78 is 12.4. The van der Waals surface area contributed by atoms with Crippen LogP contribution in [-0.4, -0.2) is 30.7 Å². The Kier molecular flexibility index (Phi) is 1.52. The lowest BCUT2D eigenvalue weighted by Crippen LogP contribution is -2.21. The second-order valence-electron chi connectivity index (χ2n) is 2.62. The van der Waals surface area contributed by atoms with Crippen molar-refractivity contribution in [3.63, 3.8) is 0 Å². The minimum atomic E-state index is -0.574. The predicted molar refractivity (Wildman–Crippen MR) is 31.6 cm³/mol. The molecule has 1 nitrogen and oxygen atoms in total. The third-order valence-corrected chi connectivity index (χ3v) is 1.84. The molecule has 0 aromatic rings. The van der Waals surface area contributed by atoms with E-state index in [9.17, 15) is 4.39 Å². The molecule has 0 spiro atoms. The van der Waals surface area contributed by atoms with Crippen LogP contribution in [0.25, 0.3) is 0 Å². The Hall–Kier alpha value is -0.110. The molecule has 8 heavy (non-hydrogen) atoms. The van der Waals surface area contributed by atoms with Gasteiger partial charge in [-0.05, 0) is 20.4 Å². The molecule has 1 saturated heterocycles. The van der Waals surface area contributed by atoms with Gasteiger partial charge < -0.3 is 4.90 Å². The first-order chi connectivity index (χ1) is 3.70. The van der Waals surface area contributed by atoms with Gasteiger partial charge in [-0.15, -0.1) is 0 Å². The van der Waals surface area contributed by atoms with Crippen molar-refractivity contribution in [3.8, 4) is 0 Å². The predicted octanol–water partition coefficient (Wildman–Crippen LogP) is 1.05. The molecule has 0 aromatic carbocycles. The highest BCUT2D eigenvalue weighted by Gasteiger charge is 2.24. The van der Waals surface area contributed by atoms with Crippen LogP contribution in [0.1, 0.15) is 13.3 Å². The molecule has 0 amide bonds. The third-order valence-electron chi connectivity index (χ3n) is 1.84. The summed E-state index contributed by atoms with van der Waals surface area (Å²) in [5.41, 5.74) is 0. The maximum absolute atomic E-state index is 12.4. The minimum absolute atomic E-state index is 0.449. The SMILES string of the molecule is C[C@H]1C[C@H](F)CN1C. The Bertz CT molecular complexity index is 74.6. The van der Waals surface area contributed by atoms with E-state index in [4.69, 9.17) is 0 Å². The number of hydrogen-bond acceptors (Lipinski definition) is 1. The zero-order valence-corrected chi connectivity index (χ0v) is 5.39. The Morgan fingerprint density at radius 2 is 2.25 bits per heavy atom. The number of rotatable bonds is 0. The molecule has 1 aliphatic heterocycles. The van der Waals surface area contributed by atoms with Crippen LogP contribution < -0.4 is 0 Å². The number of alkyl halides is 1. The van der Waals surface area contributed by atoms with Crippen LogP contribution in [-0.2, 0) is 0 Å². The molecule has 0 radical (unpaired) electrons. The Morgan fingerprint density at radius 1 is 1.62 bits per heavy atom. The molecule has 1 aliphatic rings. The fourth-order valence-corrected chi connectivity index (χ4v) is 1.12. The van der Waals surface area contributed by atoms with Crippen LogP contribution >= 0.6 is 0 Å². The van der Waals surface area contributed by atoms with Crippen molar-refractivity contribution in [1.29, 1.82) is 0 Å². The topological polar surface area (TPSA) is 3.24 Å². The van der Waals surface area contributed by atoms with Gasteiger partial charge in [0.15, 0.2) is 0 Å². The Balaban J connectivity index is 2.39. The summed E-state index contributed by atoms with van der Waals surface area (Å²) in [6.07, 6.45) is 0.145. The largest absolute Gasteiger partial charge is 0.301 e. The first-order valence-electron chi connectivity index (χ1n) is 3.04. The van der Waals surface area contributed by atoms with Crippen molar-refractivity contribution < 1.29 is 4.39 Å². The summed E-state index contributed by atoms with van der Waals surface area (Å²) in [5, 5.41) is 0. The summed E-state index contributed by atoms with van der Waals surface area (Å²) in [4.78, 5) is 2.05. The van der Waals surface area contributed by atoms with Crippen LogP contribution in [0.2, 0.25) is 0 Å². The number of likely N-dealkylation sites (tertiary alicyclic amines) is 1. The fraction of sp³-hybridized carbons (Fsp3) is 1.00. The second-order valence-corrected chi connectivity index (χ2v) is 2.62. The van der Waals surface area contributed by atoms with Crippen molar-refractivity contribution in [1.82, 2.24) is 4.90 Å². The van der Waals surface area contributed by atoms with E-state index in [1.165, 1.54) is 0 Å². The summed E-state index contributed by atoms with van der Waals surface area (Å²) in [5.74, 6) is 0. The lowest BCUT2D eigenvalue weighted by atomic mass is 10.2. The highest BCUT2D eigenvalue weighted by Crippen LogP contribution is 2.16. The minimum Gasteiger partial charge on any atom is -0.301 e. The monoisotopic (exact) mass is 117 g/mol. The van der Waals surface area contributed by atoms with Crippen LogP contribution in [0.3, 0.4) is 0 Å². The summed E-state index contributed by atoms with van der Waals surface area (Å²) in [7, 11) is 1.96. The number of nitrogens with zero attached hydrogens (tertiary/aromatic N) is 1.